The quantitative estimate of drug-likeness (QED) is 0.177. The molecule has 6 nitrogen and oxygen atoms in total. The molecule has 0 amide bonds. The van der Waals surface area contributed by atoms with Gasteiger partial charge in [-0.1, -0.05) is 109 Å². The van der Waals surface area contributed by atoms with E-state index in [1.165, 1.54) is 0 Å². The summed E-state index contributed by atoms with van der Waals surface area (Å²) in [6.45, 7) is 0. The van der Waals surface area contributed by atoms with Crippen LogP contribution in [0.5, 0.6) is 0 Å². The molecule has 4 aromatic carbocycles. The third kappa shape index (κ3) is 5.42. The van der Waals surface area contributed by atoms with Crippen molar-refractivity contribution < 1.29 is 0 Å². The molecule has 0 unspecified atom stereocenters. The summed E-state index contributed by atoms with van der Waals surface area (Å²) in [5.41, 5.74) is 13.0. The first-order valence-electron chi connectivity index (χ1n) is 15.7. The topological polar surface area (TPSA) is 77.3 Å². The maximum absolute atomic E-state index is 4.91. The molecule has 0 bridgehead atoms. The van der Waals surface area contributed by atoms with Gasteiger partial charge in [-0.15, -0.1) is 0 Å². The van der Waals surface area contributed by atoms with Gasteiger partial charge >= 0.3 is 0 Å². The zero-order valence-corrected chi connectivity index (χ0v) is 25.8. The van der Waals surface area contributed by atoms with Crippen molar-refractivity contribution in [3.8, 4) is 78.4 Å². The Morgan fingerprint density at radius 2 is 0.583 bits per heavy atom. The van der Waals surface area contributed by atoms with Crippen molar-refractivity contribution in [2.24, 2.45) is 0 Å². The fraction of sp³-hybridized carbons (Fsp3) is 0. The van der Waals surface area contributed by atoms with Crippen LogP contribution in [0.3, 0.4) is 0 Å². The minimum atomic E-state index is 0.737. The van der Waals surface area contributed by atoms with Gasteiger partial charge in [0.15, 0.2) is 0 Å². The average molecular weight is 617 g/mol. The van der Waals surface area contributed by atoms with E-state index in [1.54, 1.807) is 37.2 Å². The first kappa shape index (κ1) is 28.8. The van der Waals surface area contributed by atoms with E-state index in [0.717, 1.165) is 78.4 Å². The van der Waals surface area contributed by atoms with Crippen molar-refractivity contribution in [1.29, 1.82) is 0 Å². The van der Waals surface area contributed by atoms with Gasteiger partial charge in [0.05, 0.1) is 22.8 Å². The Balaban J connectivity index is 1.31. The molecule has 0 radical (unpaired) electrons. The molecule has 0 saturated carbocycles. The molecule has 0 spiro atoms. The summed E-state index contributed by atoms with van der Waals surface area (Å²) in [6, 6.07) is 41.3. The predicted molar refractivity (Wildman–Crippen MR) is 191 cm³/mol. The van der Waals surface area contributed by atoms with Crippen molar-refractivity contribution in [1.82, 2.24) is 29.9 Å². The number of hydrogen-bond donors (Lipinski definition) is 0. The van der Waals surface area contributed by atoms with Crippen LogP contribution in [0.15, 0.2) is 171 Å². The highest BCUT2D eigenvalue weighted by atomic mass is 14.8. The van der Waals surface area contributed by atoms with Crippen LogP contribution in [0.1, 0.15) is 0 Å². The lowest BCUT2D eigenvalue weighted by Gasteiger charge is -2.17. The summed E-state index contributed by atoms with van der Waals surface area (Å²) in [5, 5.41) is 0. The molecule has 48 heavy (non-hydrogen) atoms. The SMILES string of the molecule is c1ccc(-c2ccccc2-c2nccnc2-c2cnccc2-c2ccncc2-c2nccnc2-c2ccccc2-c2ccccc2)cc1. The van der Waals surface area contributed by atoms with Gasteiger partial charge in [-0.05, 0) is 45.5 Å². The molecule has 226 valence electrons. The summed E-state index contributed by atoms with van der Waals surface area (Å²) in [5.74, 6) is 0. The first-order valence-corrected chi connectivity index (χ1v) is 15.7. The molecule has 4 heterocycles. The monoisotopic (exact) mass is 616 g/mol. The smallest absolute Gasteiger partial charge is 0.0987 e. The van der Waals surface area contributed by atoms with Gasteiger partial charge in [-0.2, -0.15) is 0 Å². The lowest BCUT2D eigenvalue weighted by molar-refractivity contribution is 1.19. The van der Waals surface area contributed by atoms with Gasteiger partial charge in [-0.3, -0.25) is 29.9 Å². The van der Waals surface area contributed by atoms with Crippen LogP contribution >= 0.6 is 0 Å². The van der Waals surface area contributed by atoms with Gasteiger partial charge in [0.1, 0.15) is 0 Å². The fourth-order valence-corrected chi connectivity index (χ4v) is 6.22. The zero-order chi connectivity index (χ0) is 32.1. The Kier molecular flexibility index (Phi) is 7.79. The van der Waals surface area contributed by atoms with Crippen LogP contribution < -0.4 is 0 Å². The van der Waals surface area contributed by atoms with Crippen LogP contribution in [0.25, 0.3) is 78.4 Å². The second-order valence-electron chi connectivity index (χ2n) is 11.2. The van der Waals surface area contributed by atoms with E-state index in [9.17, 15) is 0 Å². The van der Waals surface area contributed by atoms with Crippen molar-refractivity contribution >= 4 is 0 Å². The van der Waals surface area contributed by atoms with Crippen molar-refractivity contribution in [3.05, 3.63) is 171 Å². The molecule has 0 fully saturated rings. The maximum atomic E-state index is 4.91. The molecule has 6 heteroatoms. The summed E-state index contributed by atoms with van der Waals surface area (Å²) in [4.78, 5) is 28.7. The number of pyridine rings is 2. The van der Waals surface area contributed by atoms with Crippen LogP contribution in [-0.2, 0) is 0 Å². The van der Waals surface area contributed by atoms with Crippen LogP contribution in [0.2, 0.25) is 0 Å². The lowest BCUT2D eigenvalue weighted by atomic mass is 9.90. The zero-order valence-electron chi connectivity index (χ0n) is 25.8. The lowest BCUT2D eigenvalue weighted by Crippen LogP contribution is -1.99. The van der Waals surface area contributed by atoms with Gasteiger partial charge in [0.25, 0.3) is 0 Å². The predicted octanol–water partition coefficient (Wildman–Crippen LogP) is 9.73. The fourth-order valence-electron chi connectivity index (χ4n) is 6.22. The Morgan fingerprint density at radius 1 is 0.250 bits per heavy atom. The van der Waals surface area contributed by atoms with E-state index in [4.69, 9.17) is 19.9 Å². The van der Waals surface area contributed by atoms with E-state index in [-0.39, 0.29) is 0 Å². The van der Waals surface area contributed by atoms with Crippen molar-refractivity contribution in [2.45, 2.75) is 0 Å². The number of nitrogens with zero attached hydrogens (tertiary/aromatic N) is 6. The highest BCUT2D eigenvalue weighted by molar-refractivity contribution is 5.97. The molecule has 0 saturated heterocycles. The van der Waals surface area contributed by atoms with Gasteiger partial charge in [0.2, 0.25) is 0 Å². The molecule has 8 rings (SSSR count). The van der Waals surface area contributed by atoms with E-state index in [2.05, 4.69) is 70.6 Å². The second kappa shape index (κ2) is 13.0. The van der Waals surface area contributed by atoms with Crippen LogP contribution in [0, 0.1) is 0 Å². The molecule has 0 aliphatic heterocycles. The highest BCUT2D eigenvalue weighted by Gasteiger charge is 2.22. The Labute approximate surface area is 278 Å². The summed E-state index contributed by atoms with van der Waals surface area (Å²) in [7, 11) is 0. The Morgan fingerprint density at radius 3 is 0.979 bits per heavy atom. The molecule has 4 aromatic heterocycles. The standard InChI is InChI=1S/C42H28N6/c1-3-11-29(12-4-1)31-15-7-9-17-35(31)39-41(47-25-23-45-39)37-27-43-21-19-33(37)34-20-22-44-28-38(34)42-40(46-24-26-48-42)36-18-10-8-16-32(36)30-13-5-2-6-14-30/h1-28H. The minimum absolute atomic E-state index is 0.737. The molecule has 0 atom stereocenters. The van der Waals surface area contributed by atoms with Crippen LogP contribution in [-0.4, -0.2) is 29.9 Å². The third-order valence-electron chi connectivity index (χ3n) is 8.37. The normalized spacial score (nSPS) is 10.9. The van der Waals surface area contributed by atoms with E-state index >= 15 is 0 Å². The van der Waals surface area contributed by atoms with Crippen LogP contribution in [0.4, 0.5) is 0 Å². The minimum Gasteiger partial charge on any atom is -0.264 e. The third-order valence-corrected chi connectivity index (χ3v) is 8.37. The van der Waals surface area contributed by atoms with E-state index < -0.39 is 0 Å². The van der Waals surface area contributed by atoms with Gasteiger partial charge in [-0.25, -0.2) is 0 Å². The largest absolute Gasteiger partial charge is 0.264 e. The van der Waals surface area contributed by atoms with Gasteiger partial charge < -0.3 is 0 Å². The molecule has 8 aromatic rings. The second-order valence-corrected chi connectivity index (χ2v) is 11.2. The Hall–Kier alpha value is -6.66. The summed E-state index contributed by atoms with van der Waals surface area (Å²) < 4.78 is 0. The molecule has 0 aliphatic rings. The van der Waals surface area contributed by atoms with E-state index in [0.29, 0.717) is 0 Å². The summed E-state index contributed by atoms with van der Waals surface area (Å²) >= 11 is 0. The van der Waals surface area contributed by atoms with Crippen molar-refractivity contribution in [2.75, 3.05) is 0 Å². The molecular weight excluding hydrogens is 589 g/mol. The Bertz CT molecular complexity index is 2190. The highest BCUT2D eigenvalue weighted by Crippen LogP contribution is 2.43. The summed E-state index contributed by atoms with van der Waals surface area (Å²) in [6.07, 6.45) is 14.3. The number of hydrogen-bond acceptors (Lipinski definition) is 6. The number of aromatic nitrogens is 6. The molecule has 0 N–H and O–H groups in total. The average Bonchev–Trinajstić information content (AvgIpc) is 3.18. The first-order chi connectivity index (χ1) is 23.9. The maximum Gasteiger partial charge on any atom is 0.0987 e. The number of rotatable bonds is 7. The number of benzene rings is 4. The van der Waals surface area contributed by atoms with E-state index in [1.807, 2.05) is 73.1 Å². The molecule has 0 aliphatic carbocycles. The van der Waals surface area contributed by atoms with Gasteiger partial charge in [0, 0.05) is 71.8 Å². The molecular formula is C42H28N6. The van der Waals surface area contributed by atoms with Crippen molar-refractivity contribution in [3.63, 3.8) is 0 Å².